The maximum Gasteiger partial charge on any atom is 0.166 e. The monoisotopic (exact) mass is 133 g/mol. The minimum Gasteiger partial charge on any atom is -0.376 e. The molecule has 8 heavy (non-hydrogen) atoms. The Kier molecular flexibility index (Phi) is 3.47. The number of hydrogen-bond acceptors (Lipinski definition) is 2. The molecule has 0 bridgehead atoms. The Morgan fingerprint density at radius 2 is 2.25 bits per heavy atom. The van der Waals surface area contributed by atoms with Crippen molar-refractivity contribution < 1.29 is 0 Å². The molecule has 0 amide bonds. The highest BCUT2D eigenvalue weighted by Crippen LogP contribution is 1.76. The summed E-state index contributed by atoms with van der Waals surface area (Å²) in [6.45, 7) is 1.32. The molecule has 0 fully saturated rings. The summed E-state index contributed by atoms with van der Waals surface area (Å²) in [5.74, 6) is 0. The van der Waals surface area contributed by atoms with Gasteiger partial charge in [-0.15, -0.1) is 0 Å². The summed E-state index contributed by atoms with van der Waals surface area (Å²) in [6, 6.07) is 0. The van der Waals surface area contributed by atoms with Gasteiger partial charge in [-0.2, -0.15) is 0 Å². The van der Waals surface area contributed by atoms with Gasteiger partial charge in [0.1, 0.15) is 0 Å². The normalized spacial score (nSPS) is 8.75. The smallest absolute Gasteiger partial charge is 0.166 e. The van der Waals surface area contributed by atoms with Gasteiger partial charge < -0.3 is 16.4 Å². The number of hydrogen-bond donors (Lipinski definition) is 2. The minimum atomic E-state index is 0.399. The van der Waals surface area contributed by atoms with Crippen molar-refractivity contribution in [2.24, 2.45) is 11.5 Å². The van der Waals surface area contributed by atoms with Crippen molar-refractivity contribution in [3.8, 4) is 0 Å². The number of thiocarbonyl (C=S) groups is 1. The largest absolute Gasteiger partial charge is 0.376 e. The zero-order chi connectivity index (χ0) is 6.57. The maximum atomic E-state index is 5.22. The minimum absolute atomic E-state index is 0.399. The SMILES string of the molecule is CN(CCN)C(N)=S. The molecule has 0 aliphatic carbocycles. The summed E-state index contributed by atoms with van der Waals surface area (Å²) in [7, 11) is 1.81. The standard InChI is InChI=1S/C4H11N3S/c1-7(3-2-5)4(6)8/h2-3,5H2,1H3,(H2,6,8). The molecule has 0 unspecified atom stereocenters. The third-order valence-corrected chi connectivity index (χ3v) is 1.15. The van der Waals surface area contributed by atoms with Gasteiger partial charge in [-0.1, -0.05) is 0 Å². The predicted octanol–water partition coefficient (Wildman–Crippen LogP) is -0.879. The summed E-state index contributed by atoms with van der Waals surface area (Å²) in [5, 5.41) is 0.399. The van der Waals surface area contributed by atoms with E-state index in [0.717, 1.165) is 6.54 Å². The van der Waals surface area contributed by atoms with Crippen LogP contribution in [0, 0.1) is 0 Å². The molecule has 0 radical (unpaired) electrons. The molecule has 0 heterocycles. The van der Waals surface area contributed by atoms with Crippen molar-refractivity contribution in [2.75, 3.05) is 20.1 Å². The highest BCUT2D eigenvalue weighted by atomic mass is 32.1. The van der Waals surface area contributed by atoms with Gasteiger partial charge in [-0.25, -0.2) is 0 Å². The molecule has 4 N–H and O–H groups in total. The van der Waals surface area contributed by atoms with Crippen LogP contribution in [0.1, 0.15) is 0 Å². The van der Waals surface area contributed by atoms with Crippen molar-refractivity contribution in [3.05, 3.63) is 0 Å². The number of rotatable bonds is 2. The second kappa shape index (κ2) is 3.63. The molecule has 0 atom stereocenters. The lowest BCUT2D eigenvalue weighted by molar-refractivity contribution is 0.519. The van der Waals surface area contributed by atoms with Gasteiger partial charge in [-0.3, -0.25) is 0 Å². The molecule has 48 valence electrons. The second-order valence-electron chi connectivity index (χ2n) is 1.55. The molecule has 0 aromatic rings. The fourth-order valence-electron chi connectivity index (χ4n) is 0.304. The fourth-order valence-corrected chi connectivity index (χ4v) is 0.395. The van der Waals surface area contributed by atoms with Crippen LogP contribution in [-0.2, 0) is 0 Å². The molecular formula is C4H11N3S. The van der Waals surface area contributed by atoms with Crippen LogP contribution in [-0.4, -0.2) is 30.1 Å². The fraction of sp³-hybridized carbons (Fsp3) is 0.750. The number of likely N-dealkylation sites (N-methyl/N-ethyl adjacent to an activating group) is 1. The summed E-state index contributed by atoms with van der Waals surface area (Å²) in [4.78, 5) is 1.73. The van der Waals surface area contributed by atoms with E-state index in [1.54, 1.807) is 4.90 Å². The second-order valence-corrected chi connectivity index (χ2v) is 1.97. The van der Waals surface area contributed by atoms with Crippen molar-refractivity contribution in [3.63, 3.8) is 0 Å². The summed E-state index contributed by atoms with van der Waals surface area (Å²) in [6.07, 6.45) is 0. The first-order chi connectivity index (χ1) is 3.68. The molecular weight excluding hydrogens is 122 g/mol. The van der Waals surface area contributed by atoms with Crippen LogP contribution < -0.4 is 11.5 Å². The van der Waals surface area contributed by atoms with Crippen LogP contribution in [0.5, 0.6) is 0 Å². The molecule has 0 aliphatic heterocycles. The predicted molar refractivity (Wildman–Crippen MR) is 38.5 cm³/mol. The van der Waals surface area contributed by atoms with Gasteiger partial charge in [0.2, 0.25) is 0 Å². The van der Waals surface area contributed by atoms with E-state index >= 15 is 0 Å². The van der Waals surface area contributed by atoms with Gasteiger partial charge in [0.25, 0.3) is 0 Å². The van der Waals surface area contributed by atoms with Crippen molar-refractivity contribution in [2.45, 2.75) is 0 Å². The van der Waals surface area contributed by atoms with E-state index in [-0.39, 0.29) is 0 Å². The molecule has 0 aromatic carbocycles. The summed E-state index contributed by atoms with van der Waals surface area (Å²) < 4.78 is 0. The van der Waals surface area contributed by atoms with Gasteiger partial charge in [0.05, 0.1) is 0 Å². The van der Waals surface area contributed by atoms with E-state index in [1.165, 1.54) is 0 Å². The lowest BCUT2D eigenvalue weighted by atomic mass is 10.6. The lowest BCUT2D eigenvalue weighted by Gasteiger charge is -2.13. The zero-order valence-corrected chi connectivity index (χ0v) is 5.74. The first kappa shape index (κ1) is 7.65. The van der Waals surface area contributed by atoms with E-state index in [9.17, 15) is 0 Å². The van der Waals surface area contributed by atoms with E-state index in [1.807, 2.05) is 7.05 Å². The Morgan fingerprint density at radius 1 is 1.75 bits per heavy atom. The maximum absolute atomic E-state index is 5.22. The van der Waals surface area contributed by atoms with Gasteiger partial charge in [0.15, 0.2) is 5.11 Å². The van der Waals surface area contributed by atoms with E-state index in [0.29, 0.717) is 11.7 Å². The van der Waals surface area contributed by atoms with Crippen molar-refractivity contribution in [1.29, 1.82) is 0 Å². The van der Waals surface area contributed by atoms with E-state index < -0.39 is 0 Å². The summed E-state index contributed by atoms with van der Waals surface area (Å²) in [5.41, 5.74) is 10.4. The van der Waals surface area contributed by atoms with Crippen LogP contribution in [0.25, 0.3) is 0 Å². The molecule has 0 saturated heterocycles. The van der Waals surface area contributed by atoms with Crippen molar-refractivity contribution >= 4 is 17.3 Å². The van der Waals surface area contributed by atoms with Gasteiger partial charge in [-0.05, 0) is 12.2 Å². The average molecular weight is 133 g/mol. The molecule has 0 aliphatic rings. The van der Waals surface area contributed by atoms with Crippen LogP contribution in [0.4, 0.5) is 0 Å². The molecule has 0 rings (SSSR count). The summed E-state index contributed by atoms with van der Waals surface area (Å²) >= 11 is 4.63. The highest BCUT2D eigenvalue weighted by molar-refractivity contribution is 7.80. The topological polar surface area (TPSA) is 55.3 Å². The van der Waals surface area contributed by atoms with Crippen LogP contribution in [0.2, 0.25) is 0 Å². The number of nitrogens with two attached hydrogens (primary N) is 2. The lowest BCUT2D eigenvalue weighted by Crippen LogP contribution is -2.35. The molecule has 0 saturated carbocycles. The third kappa shape index (κ3) is 2.76. The Labute approximate surface area is 54.6 Å². The Hall–Kier alpha value is -0.350. The highest BCUT2D eigenvalue weighted by Gasteiger charge is 1.93. The first-order valence-electron chi connectivity index (χ1n) is 2.39. The average Bonchev–Trinajstić information content (AvgIpc) is 1.67. The quantitative estimate of drug-likeness (QED) is 0.480. The van der Waals surface area contributed by atoms with Crippen LogP contribution >= 0.6 is 12.2 Å². The Bertz CT molecular complexity index is 83.4. The van der Waals surface area contributed by atoms with Gasteiger partial charge in [0, 0.05) is 20.1 Å². The van der Waals surface area contributed by atoms with Crippen LogP contribution in [0.3, 0.4) is 0 Å². The van der Waals surface area contributed by atoms with E-state index in [4.69, 9.17) is 11.5 Å². The number of nitrogens with zero attached hydrogens (tertiary/aromatic N) is 1. The third-order valence-electron chi connectivity index (χ3n) is 0.841. The van der Waals surface area contributed by atoms with Crippen molar-refractivity contribution in [1.82, 2.24) is 4.90 Å². The molecule has 4 heteroatoms. The van der Waals surface area contributed by atoms with Crippen LogP contribution in [0.15, 0.2) is 0 Å². The zero-order valence-electron chi connectivity index (χ0n) is 4.92. The molecule has 3 nitrogen and oxygen atoms in total. The van der Waals surface area contributed by atoms with Gasteiger partial charge >= 0.3 is 0 Å². The Balaban J connectivity index is 3.32. The molecule has 0 spiro atoms. The Morgan fingerprint density at radius 3 is 2.38 bits per heavy atom. The molecule has 0 aromatic heterocycles. The van der Waals surface area contributed by atoms with E-state index in [2.05, 4.69) is 12.2 Å². The first-order valence-corrected chi connectivity index (χ1v) is 2.80.